The number of halogens is 1. The van der Waals surface area contributed by atoms with Crippen LogP contribution in [0.15, 0.2) is 36.7 Å². The highest BCUT2D eigenvalue weighted by atomic mass is 35.5. The SMILES string of the molecule is N#Cc1ccc(OCc2ncccn2)cc1Cl. The molecule has 0 unspecified atom stereocenters. The van der Waals surface area contributed by atoms with E-state index in [1.165, 1.54) is 0 Å². The van der Waals surface area contributed by atoms with Crippen LogP contribution in [0.1, 0.15) is 11.4 Å². The number of rotatable bonds is 3. The van der Waals surface area contributed by atoms with E-state index in [4.69, 9.17) is 21.6 Å². The van der Waals surface area contributed by atoms with Crippen molar-refractivity contribution in [1.82, 2.24) is 9.97 Å². The second-order valence-corrected chi connectivity index (χ2v) is 3.61. The third-order valence-electron chi connectivity index (χ3n) is 2.05. The average molecular weight is 246 g/mol. The minimum atomic E-state index is 0.267. The Morgan fingerprint density at radius 2 is 2.06 bits per heavy atom. The fraction of sp³-hybridized carbons (Fsp3) is 0.0833. The average Bonchev–Trinajstić information content (AvgIpc) is 2.38. The van der Waals surface area contributed by atoms with E-state index in [2.05, 4.69) is 9.97 Å². The molecule has 1 heterocycles. The van der Waals surface area contributed by atoms with Crippen molar-refractivity contribution in [3.05, 3.63) is 53.1 Å². The van der Waals surface area contributed by atoms with Gasteiger partial charge in [-0.25, -0.2) is 9.97 Å². The van der Waals surface area contributed by atoms with Gasteiger partial charge in [0.25, 0.3) is 0 Å². The zero-order valence-electron chi connectivity index (χ0n) is 8.80. The van der Waals surface area contributed by atoms with Gasteiger partial charge in [0.05, 0.1) is 10.6 Å². The van der Waals surface area contributed by atoms with Crippen LogP contribution in [-0.4, -0.2) is 9.97 Å². The first kappa shape index (κ1) is 11.4. The van der Waals surface area contributed by atoms with E-state index < -0.39 is 0 Å². The van der Waals surface area contributed by atoms with Crippen molar-refractivity contribution in [2.24, 2.45) is 0 Å². The number of aromatic nitrogens is 2. The lowest BCUT2D eigenvalue weighted by molar-refractivity contribution is 0.296. The Morgan fingerprint density at radius 3 is 2.71 bits per heavy atom. The standard InChI is InChI=1S/C12H8ClN3O/c13-11-6-10(3-2-9(11)7-14)17-8-12-15-4-1-5-16-12/h1-6H,8H2. The van der Waals surface area contributed by atoms with E-state index in [1.54, 1.807) is 36.7 Å². The zero-order valence-corrected chi connectivity index (χ0v) is 9.55. The Bertz CT molecular complexity index is 551. The van der Waals surface area contributed by atoms with Gasteiger partial charge in [-0.3, -0.25) is 0 Å². The van der Waals surface area contributed by atoms with Gasteiger partial charge in [0.2, 0.25) is 0 Å². The summed E-state index contributed by atoms with van der Waals surface area (Å²) < 4.78 is 5.45. The second kappa shape index (κ2) is 5.28. The molecule has 0 aliphatic rings. The fourth-order valence-corrected chi connectivity index (χ4v) is 1.44. The predicted molar refractivity (Wildman–Crippen MR) is 62.5 cm³/mol. The van der Waals surface area contributed by atoms with E-state index in [0.717, 1.165) is 0 Å². The summed E-state index contributed by atoms with van der Waals surface area (Å²) in [5, 5.41) is 9.10. The number of ether oxygens (including phenoxy) is 1. The van der Waals surface area contributed by atoms with Crippen LogP contribution < -0.4 is 4.74 Å². The molecular weight excluding hydrogens is 238 g/mol. The number of hydrogen-bond acceptors (Lipinski definition) is 4. The van der Waals surface area contributed by atoms with Crippen LogP contribution >= 0.6 is 11.6 Å². The molecule has 0 bridgehead atoms. The lowest BCUT2D eigenvalue weighted by Gasteiger charge is -2.05. The number of nitrogens with zero attached hydrogens (tertiary/aromatic N) is 3. The molecular formula is C12H8ClN3O. The monoisotopic (exact) mass is 245 g/mol. The quantitative estimate of drug-likeness (QED) is 0.834. The van der Waals surface area contributed by atoms with Gasteiger partial charge in [-0.15, -0.1) is 0 Å². The largest absolute Gasteiger partial charge is 0.486 e. The van der Waals surface area contributed by atoms with Gasteiger partial charge in [-0.1, -0.05) is 11.6 Å². The molecule has 4 nitrogen and oxygen atoms in total. The van der Waals surface area contributed by atoms with Crippen LogP contribution in [0.3, 0.4) is 0 Å². The van der Waals surface area contributed by atoms with Crippen molar-refractivity contribution < 1.29 is 4.74 Å². The number of nitriles is 1. The number of hydrogen-bond donors (Lipinski definition) is 0. The molecule has 2 rings (SSSR count). The van der Waals surface area contributed by atoms with Crippen LogP contribution in [0.2, 0.25) is 5.02 Å². The smallest absolute Gasteiger partial charge is 0.166 e. The summed E-state index contributed by atoms with van der Waals surface area (Å²) in [5.74, 6) is 1.18. The van der Waals surface area contributed by atoms with Crippen LogP contribution in [0.5, 0.6) is 5.75 Å². The molecule has 5 heteroatoms. The molecule has 0 saturated heterocycles. The lowest BCUT2D eigenvalue weighted by Crippen LogP contribution is -2.00. The molecule has 0 amide bonds. The maximum atomic E-state index is 8.72. The summed E-state index contributed by atoms with van der Waals surface area (Å²) in [7, 11) is 0. The highest BCUT2D eigenvalue weighted by Gasteiger charge is 2.02. The molecule has 0 spiro atoms. The Labute approximate surface area is 103 Å². The molecule has 1 aromatic carbocycles. The van der Waals surface area contributed by atoms with E-state index >= 15 is 0 Å². The van der Waals surface area contributed by atoms with Gasteiger partial charge in [0, 0.05) is 18.5 Å². The first-order chi connectivity index (χ1) is 8.29. The number of benzene rings is 1. The molecule has 0 saturated carbocycles. The molecule has 0 atom stereocenters. The Kier molecular flexibility index (Phi) is 3.53. The van der Waals surface area contributed by atoms with Crippen LogP contribution in [0.4, 0.5) is 0 Å². The summed E-state index contributed by atoms with van der Waals surface area (Å²) >= 11 is 5.88. The highest BCUT2D eigenvalue weighted by Crippen LogP contribution is 2.22. The summed E-state index contributed by atoms with van der Waals surface area (Å²) in [6.07, 6.45) is 3.30. The first-order valence-corrected chi connectivity index (χ1v) is 5.26. The summed E-state index contributed by atoms with van der Waals surface area (Å²) in [6.45, 7) is 0.267. The molecule has 0 aliphatic heterocycles. The van der Waals surface area contributed by atoms with Crippen molar-refractivity contribution in [2.45, 2.75) is 6.61 Å². The highest BCUT2D eigenvalue weighted by molar-refractivity contribution is 6.31. The molecule has 0 N–H and O–H groups in total. The van der Waals surface area contributed by atoms with E-state index in [-0.39, 0.29) is 6.61 Å². The van der Waals surface area contributed by atoms with Gasteiger partial charge in [-0.2, -0.15) is 5.26 Å². The Hall–Kier alpha value is -2.12. The third kappa shape index (κ3) is 2.92. The summed E-state index contributed by atoms with van der Waals surface area (Å²) in [6, 6.07) is 8.62. The maximum absolute atomic E-state index is 8.72. The lowest BCUT2D eigenvalue weighted by atomic mass is 10.2. The van der Waals surface area contributed by atoms with Gasteiger partial charge in [0.1, 0.15) is 18.4 Å². The molecule has 17 heavy (non-hydrogen) atoms. The molecule has 0 radical (unpaired) electrons. The van der Waals surface area contributed by atoms with Gasteiger partial charge in [-0.05, 0) is 18.2 Å². The van der Waals surface area contributed by atoms with E-state index in [9.17, 15) is 0 Å². The van der Waals surface area contributed by atoms with Crippen molar-refractivity contribution in [2.75, 3.05) is 0 Å². The van der Waals surface area contributed by atoms with Crippen LogP contribution in [-0.2, 0) is 6.61 Å². The van der Waals surface area contributed by atoms with Crippen molar-refractivity contribution in [3.63, 3.8) is 0 Å². The zero-order chi connectivity index (χ0) is 12.1. The van der Waals surface area contributed by atoms with Crippen molar-refractivity contribution in [1.29, 1.82) is 5.26 Å². The first-order valence-electron chi connectivity index (χ1n) is 4.88. The second-order valence-electron chi connectivity index (χ2n) is 3.21. The van der Waals surface area contributed by atoms with Gasteiger partial charge in [0.15, 0.2) is 5.82 Å². The maximum Gasteiger partial charge on any atom is 0.166 e. The van der Waals surface area contributed by atoms with Crippen LogP contribution in [0.25, 0.3) is 0 Å². The van der Waals surface area contributed by atoms with E-state index in [1.807, 2.05) is 6.07 Å². The molecule has 2 aromatic rings. The van der Waals surface area contributed by atoms with Gasteiger partial charge < -0.3 is 4.74 Å². The summed E-state index contributed by atoms with van der Waals surface area (Å²) in [4.78, 5) is 8.06. The van der Waals surface area contributed by atoms with E-state index in [0.29, 0.717) is 22.2 Å². The molecule has 0 aliphatic carbocycles. The van der Waals surface area contributed by atoms with Crippen molar-refractivity contribution in [3.8, 4) is 11.8 Å². The minimum absolute atomic E-state index is 0.267. The third-order valence-corrected chi connectivity index (χ3v) is 2.36. The Balaban J connectivity index is 2.06. The molecule has 1 aromatic heterocycles. The Morgan fingerprint density at radius 1 is 1.29 bits per heavy atom. The predicted octanol–water partition coefficient (Wildman–Crippen LogP) is 2.58. The topological polar surface area (TPSA) is 58.8 Å². The van der Waals surface area contributed by atoms with Crippen molar-refractivity contribution >= 4 is 11.6 Å². The molecule has 84 valence electrons. The molecule has 0 fully saturated rings. The van der Waals surface area contributed by atoms with Gasteiger partial charge >= 0.3 is 0 Å². The summed E-state index contributed by atoms with van der Waals surface area (Å²) in [5.41, 5.74) is 0.426. The minimum Gasteiger partial charge on any atom is -0.486 e. The van der Waals surface area contributed by atoms with Crippen LogP contribution in [0, 0.1) is 11.3 Å². The fourth-order valence-electron chi connectivity index (χ4n) is 1.23. The normalized spacial score (nSPS) is 9.65.